The molecule has 2 aliphatic rings. The second kappa shape index (κ2) is 5.01. The summed E-state index contributed by atoms with van der Waals surface area (Å²) in [6.45, 7) is 1.72. The van der Waals surface area contributed by atoms with Crippen molar-refractivity contribution in [2.24, 2.45) is 11.8 Å². The molecule has 1 heterocycles. The number of carbonyl (C=O) groups is 1. The zero-order valence-corrected chi connectivity index (χ0v) is 11.2. The van der Waals surface area contributed by atoms with Crippen LogP contribution in [0.2, 0.25) is 0 Å². The van der Waals surface area contributed by atoms with Crippen LogP contribution in [0, 0.1) is 23.5 Å². The maximum Gasteiger partial charge on any atom is 0.234 e. The van der Waals surface area contributed by atoms with Gasteiger partial charge in [0.05, 0.1) is 12.2 Å². The molecule has 1 aromatic rings. The first kappa shape index (κ1) is 13.3. The minimum absolute atomic E-state index is 0.00795. The molecular weight excluding hydrogens is 264 g/mol. The minimum Gasteiger partial charge on any atom is -0.368 e. The number of benzene rings is 1. The van der Waals surface area contributed by atoms with Gasteiger partial charge in [-0.15, -0.1) is 0 Å². The fourth-order valence-corrected chi connectivity index (χ4v) is 3.07. The van der Waals surface area contributed by atoms with Gasteiger partial charge < -0.3 is 15.5 Å². The van der Waals surface area contributed by atoms with Gasteiger partial charge in [-0.3, -0.25) is 4.79 Å². The summed E-state index contributed by atoms with van der Waals surface area (Å²) in [5.41, 5.74) is 0.443. The lowest BCUT2D eigenvalue weighted by Gasteiger charge is -2.22. The van der Waals surface area contributed by atoms with E-state index in [9.17, 15) is 13.6 Å². The van der Waals surface area contributed by atoms with E-state index in [1.807, 2.05) is 4.90 Å². The van der Waals surface area contributed by atoms with Crippen LogP contribution in [0.25, 0.3) is 0 Å². The molecule has 1 aliphatic carbocycles. The topological polar surface area (TPSA) is 44.4 Å². The summed E-state index contributed by atoms with van der Waals surface area (Å²) in [6, 6.07) is 3.86. The molecule has 1 aliphatic heterocycles. The highest BCUT2D eigenvalue weighted by molar-refractivity contribution is 5.79. The van der Waals surface area contributed by atoms with Crippen LogP contribution in [0.1, 0.15) is 0 Å². The van der Waals surface area contributed by atoms with E-state index in [1.54, 1.807) is 7.05 Å². The maximum absolute atomic E-state index is 13.7. The lowest BCUT2D eigenvalue weighted by molar-refractivity contribution is -0.120. The SMILES string of the molecule is CNCC(=O)NC1C2CN(c3ccc(F)cc3F)CC21. The average Bonchev–Trinajstić information content (AvgIpc) is 2.84. The second-order valence-electron chi connectivity index (χ2n) is 5.45. The molecule has 20 heavy (non-hydrogen) atoms. The van der Waals surface area contributed by atoms with Crippen molar-refractivity contribution in [3.8, 4) is 0 Å². The smallest absolute Gasteiger partial charge is 0.234 e. The van der Waals surface area contributed by atoms with E-state index < -0.39 is 11.6 Å². The van der Waals surface area contributed by atoms with E-state index >= 15 is 0 Å². The van der Waals surface area contributed by atoms with Gasteiger partial charge in [0.25, 0.3) is 0 Å². The Kier molecular flexibility index (Phi) is 3.33. The minimum atomic E-state index is -0.562. The molecule has 1 aromatic carbocycles. The number of halogens is 2. The number of amides is 1. The highest BCUT2D eigenvalue weighted by Gasteiger charge is 2.56. The quantitative estimate of drug-likeness (QED) is 0.855. The first-order valence-electron chi connectivity index (χ1n) is 6.74. The summed E-state index contributed by atoms with van der Waals surface area (Å²) in [4.78, 5) is 13.4. The van der Waals surface area contributed by atoms with E-state index in [0.717, 1.165) is 6.07 Å². The standard InChI is InChI=1S/C14H17F2N3O/c1-17-5-13(20)18-14-9-6-19(7-10(9)14)12-3-2-8(15)4-11(12)16/h2-4,9-10,14,17H,5-7H2,1H3,(H,18,20). The first-order chi connectivity index (χ1) is 9.60. The predicted octanol–water partition coefficient (Wildman–Crippen LogP) is 0.735. The third-order valence-electron chi connectivity index (χ3n) is 4.11. The van der Waals surface area contributed by atoms with Crippen LogP contribution in [-0.4, -0.2) is 38.6 Å². The average molecular weight is 281 g/mol. The van der Waals surface area contributed by atoms with Gasteiger partial charge in [0.1, 0.15) is 11.6 Å². The molecule has 0 spiro atoms. The van der Waals surface area contributed by atoms with Crippen LogP contribution in [0.15, 0.2) is 18.2 Å². The number of anilines is 1. The Balaban J connectivity index is 1.58. The molecule has 2 N–H and O–H groups in total. The van der Waals surface area contributed by atoms with E-state index in [0.29, 0.717) is 37.2 Å². The third kappa shape index (κ3) is 2.35. The van der Waals surface area contributed by atoms with Crippen LogP contribution in [0.5, 0.6) is 0 Å². The predicted molar refractivity (Wildman–Crippen MR) is 71.4 cm³/mol. The molecule has 2 unspecified atom stereocenters. The van der Waals surface area contributed by atoms with Crippen molar-refractivity contribution < 1.29 is 13.6 Å². The van der Waals surface area contributed by atoms with E-state index in [-0.39, 0.29) is 11.9 Å². The van der Waals surface area contributed by atoms with E-state index in [4.69, 9.17) is 0 Å². The summed E-state index contributed by atoms with van der Waals surface area (Å²) in [5, 5.41) is 5.78. The fourth-order valence-electron chi connectivity index (χ4n) is 3.07. The van der Waals surface area contributed by atoms with Crippen LogP contribution < -0.4 is 15.5 Å². The Bertz CT molecular complexity index is 525. The Hall–Kier alpha value is -1.69. The number of hydrogen-bond acceptors (Lipinski definition) is 3. The molecule has 3 rings (SSSR count). The molecule has 2 atom stereocenters. The van der Waals surface area contributed by atoms with E-state index in [2.05, 4.69) is 10.6 Å². The summed E-state index contributed by atoms with van der Waals surface area (Å²) < 4.78 is 26.6. The number of rotatable bonds is 4. The molecule has 0 bridgehead atoms. The van der Waals surface area contributed by atoms with Gasteiger partial charge in [0.15, 0.2) is 0 Å². The number of nitrogens with one attached hydrogen (secondary N) is 2. The maximum atomic E-state index is 13.7. The van der Waals surface area contributed by atoms with Gasteiger partial charge in [0.2, 0.25) is 5.91 Å². The normalized spacial score (nSPS) is 27.4. The first-order valence-corrected chi connectivity index (χ1v) is 6.74. The monoisotopic (exact) mass is 281 g/mol. The number of hydrogen-bond donors (Lipinski definition) is 2. The molecule has 4 nitrogen and oxygen atoms in total. The van der Waals surface area contributed by atoms with Crippen LogP contribution >= 0.6 is 0 Å². The number of fused-ring (bicyclic) bond motifs is 1. The van der Waals surface area contributed by atoms with Crippen molar-refractivity contribution in [1.29, 1.82) is 0 Å². The van der Waals surface area contributed by atoms with Crippen molar-refractivity contribution in [2.75, 3.05) is 31.6 Å². The number of carbonyl (C=O) groups excluding carboxylic acids is 1. The van der Waals surface area contributed by atoms with Crippen LogP contribution in [0.3, 0.4) is 0 Å². The van der Waals surface area contributed by atoms with E-state index in [1.165, 1.54) is 12.1 Å². The Labute approximate surface area is 116 Å². The molecular formula is C14H17F2N3O. The van der Waals surface area contributed by atoms with Crippen molar-refractivity contribution in [1.82, 2.24) is 10.6 Å². The highest BCUT2D eigenvalue weighted by atomic mass is 19.1. The summed E-state index contributed by atoms with van der Waals surface area (Å²) >= 11 is 0. The molecule has 1 saturated heterocycles. The Morgan fingerprint density at radius 2 is 2.05 bits per heavy atom. The van der Waals surface area contributed by atoms with Gasteiger partial charge in [-0.1, -0.05) is 0 Å². The molecule has 2 fully saturated rings. The fraction of sp³-hybridized carbons (Fsp3) is 0.500. The molecule has 6 heteroatoms. The third-order valence-corrected chi connectivity index (χ3v) is 4.11. The molecule has 0 aromatic heterocycles. The van der Waals surface area contributed by atoms with Gasteiger partial charge in [-0.05, 0) is 19.2 Å². The van der Waals surface area contributed by atoms with Crippen LogP contribution in [-0.2, 0) is 4.79 Å². The van der Waals surface area contributed by atoms with Gasteiger partial charge in [-0.25, -0.2) is 8.78 Å². The van der Waals surface area contributed by atoms with Crippen LogP contribution in [0.4, 0.5) is 14.5 Å². The largest absolute Gasteiger partial charge is 0.368 e. The van der Waals surface area contributed by atoms with Gasteiger partial charge >= 0.3 is 0 Å². The van der Waals surface area contributed by atoms with Crippen molar-refractivity contribution >= 4 is 11.6 Å². The van der Waals surface area contributed by atoms with Crippen molar-refractivity contribution in [3.05, 3.63) is 29.8 Å². The zero-order chi connectivity index (χ0) is 14.3. The lowest BCUT2D eigenvalue weighted by atomic mass is 10.2. The zero-order valence-electron chi connectivity index (χ0n) is 11.2. The lowest BCUT2D eigenvalue weighted by Crippen LogP contribution is -2.38. The molecule has 0 radical (unpaired) electrons. The number of piperidine rings is 1. The van der Waals surface area contributed by atoms with Gasteiger partial charge in [-0.2, -0.15) is 0 Å². The summed E-state index contributed by atoms with van der Waals surface area (Å²) in [5.74, 6) is -0.346. The Morgan fingerprint density at radius 3 is 2.65 bits per heavy atom. The Morgan fingerprint density at radius 1 is 1.35 bits per heavy atom. The molecule has 108 valence electrons. The molecule has 1 saturated carbocycles. The van der Waals surface area contributed by atoms with Crippen molar-refractivity contribution in [3.63, 3.8) is 0 Å². The number of nitrogens with zero attached hydrogens (tertiary/aromatic N) is 1. The van der Waals surface area contributed by atoms with Gasteiger partial charge in [0, 0.05) is 37.0 Å². The summed E-state index contributed by atoms with van der Waals surface area (Å²) in [7, 11) is 1.73. The van der Waals surface area contributed by atoms with Crippen molar-refractivity contribution in [2.45, 2.75) is 6.04 Å². The molecule has 1 amide bonds. The number of likely N-dealkylation sites (N-methyl/N-ethyl adjacent to an activating group) is 1. The second-order valence-corrected chi connectivity index (χ2v) is 5.45. The highest BCUT2D eigenvalue weighted by Crippen LogP contribution is 2.47. The summed E-state index contributed by atoms with van der Waals surface area (Å²) in [6.07, 6.45) is 0.